The molecule has 0 heterocycles. The van der Waals surface area contributed by atoms with Gasteiger partial charge in [-0.2, -0.15) is 0 Å². The minimum absolute atomic E-state index is 0.106. The summed E-state index contributed by atoms with van der Waals surface area (Å²) in [5.41, 5.74) is 0. The van der Waals surface area contributed by atoms with Crippen molar-refractivity contribution in [2.24, 2.45) is 0 Å². The minimum atomic E-state index is -0.106. The van der Waals surface area contributed by atoms with Crippen molar-refractivity contribution in [3.05, 3.63) is 28.7 Å². The molecule has 4 heteroatoms. The van der Waals surface area contributed by atoms with Crippen LogP contribution in [0, 0.1) is 0 Å². The number of carbonyl (C=O) groups excluding carboxylic acids is 1. The predicted octanol–water partition coefficient (Wildman–Crippen LogP) is 3.95. The molecular weight excluding hydrogens is 296 g/mol. The number of hydrogen-bond donors (Lipinski definition) is 0. The van der Waals surface area contributed by atoms with Crippen molar-refractivity contribution in [1.29, 1.82) is 0 Å². The van der Waals surface area contributed by atoms with Gasteiger partial charge in [-0.3, -0.25) is 4.79 Å². The van der Waals surface area contributed by atoms with Gasteiger partial charge in [0, 0.05) is 10.9 Å². The van der Waals surface area contributed by atoms with Gasteiger partial charge in [0.05, 0.1) is 13.2 Å². The van der Waals surface area contributed by atoms with Crippen LogP contribution in [0.3, 0.4) is 0 Å². The van der Waals surface area contributed by atoms with Crippen LogP contribution in [-0.2, 0) is 9.53 Å². The molecule has 0 spiro atoms. The Morgan fingerprint density at radius 1 is 1.28 bits per heavy atom. The smallest absolute Gasteiger partial charge is 0.305 e. The Morgan fingerprint density at radius 3 is 2.83 bits per heavy atom. The molecule has 0 aliphatic heterocycles. The van der Waals surface area contributed by atoms with Crippen LogP contribution in [0.15, 0.2) is 28.7 Å². The molecule has 0 saturated heterocycles. The number of ether oxygens (including phenoxy) is 2. The van der Waals surface area contributed by atoms with Crippen LogP contribution in [0.4, 0.5) is 0 Å². The summed E-state index contributed by atoms with van der Waals surface area (Å²) < 4.78 is 11.5. The van der Waals surface area contributed by atoms with Crippen molar-refractivity contribution in [3.63, 3.8) is 0 Å². The van der Waals surface area contributed by atoms with Crippen LogP contribution in [0.2, 0.25) is 0 Å². The molecule has 0 aromatic heterocycles. The average molecular weight is 315 g/mol. The first-order valence-electron chi connectivity index (χ1n) is 6.26. The molecule has 0 saturated carbocycles. The molecule has 1 aromatic carbocycles. The van der Waals surface area contributed by atoms with E-state index in [0.29, 0.717) is 19.6 Å². The topological polar surface area (TPSA) is 35.5 Å². The highest BCUT2D eigenvalue weighted by Crippen LogP contribution is 2.18. The van der Waals surface area contributed by atoms with Crippen LogP contribution in [0.25, 0.3) is 0 Å². The number of unbranched alkanes of at least 4 members (excludes halogenated alkanes) is 2. The molecule has 1 aromatic rings. The molecule has 0 atom stereocenters. The summed E-state index contributed by atoms with van der Waals surface area (Å²) >= 11 is 3.40. The summed E-state index contributed by atoms with van der Waals surface area (Å²) in [5.74, 6) is 0.764. The highest BCUT2D eigenvalue weighted by atomic mass is 79.9. The summed E-state index contributed by atoms with van der Waals surface area (Å²) in [6, 6.07) is 7.79. The first-order valence-corrected chi connectivity index (χ1v) is 7.05. The minimum Gasteiger partial charge on any atom is -0.494 e. The summed E-state index contributed by atoms with van der Waals surface area (Å²) in [5, 5.41) is 0. The Morgan fingerprint density at radius 2 is 2.11 bits per heavy atom. The Labute approximate surface area is 117 Å². The van der Waals surface area contributed by atoms with Crippen LogP contribution < -0.4 is 4.74 Å². The van der Waals surface area contributed by atoms with E-state index in [-0.39, 0.29) is 5.97 Å². The normalized spacial score (nSPS) is 10.1. The summed E-state index contributed by atoms with van der Waals surface area (Å²) in [4.78, 5) is 11.1. The fourth-order valence-corrected chi connectivity index (χ4v) is 1.91. The number of carbonyl (C=O) groups is 1. The fraction of sp³-hybridized carbons (Fsp3) is 0.500. The van der Waals surface area contributed by atoms with Crippen molar-refractivity contribution in [1.82, 2.24) is 0 Å². The lowest BCUT2D eigenvalue weighted by molar-refractivity contribution is -0.143. The van der Waals surface area contributed by atoms with Gasteiger partial charge in [-0.15, -0.1) is 0 Å². The number of rotatable bonds is 8. The molecular formula is C14H19BrO3. The third-order valence-corrected chi connectivity index (χ3v) is 2.89. The van der Waals surface area contributed by atoms with E-state index in [1.165, 1.54) is 0 Å². The van der Waals surface area contributed by atoms with E-state index in [9.17, 15) is 4.79 Å². The van der Waals surface area contributed by atoms with Crippen LogP contribution in [0.1, 0.15) is 32.6 Å². The van der Waals surface area contributed by atoms with Crippen LogP contribution in [-0.4, -0.2) is 19.2 Å². The van der Waals surface area contributed by atoms with Gasteiger partial charge in [0.2, 0.25) is 0 Å². The van der Waals surface area contributed by atoms with E-state index in [0.717, 1.165) is 29.5 Å². The quantitative estimate of drug-likeness (QED) is 0.538. The van der Waals surface area contributed by atoms with Crippen molar-refractivity contribution in [2.75, 3.05) is 13.2 Å². The lowest BCUT2D eigenvalue weighted by atomic mass is 10.2. The second kappa shape index (κ2) is 8.97. The number of halogens is 1. The van der Waals surface area contributed by atoms with Crippen LogP contribution >= 0.6 is 15.9 Å². The Balaban J connectivity index is 2.04. The molecule has 0 fully saturated rings. The maximum atomic E-state index is 11.1. The number of hydrogen-bond acceptors (Lipinski definition) is 3. The molecule has 0 aliphatic carbocycles. The zero-order chi connectivity index (χ0) is 13.2. The molecule has 0 N–H and O–H groups in total. The Hall–Kier alpha value is -1.03. The average Bonchev–Trinajstić information content (AvgIpc) is 2.34. The fourth-order valence-electron chi connectivity index (χ4n) is 1.53. The monoisotopic (exact) mass is 314 g/mol. The van der Waals surface area contributed by atoms with Gasteiger partial charge < -0.3 is 9.47 Å². The van der Waals surface area contributed by atoms with E-state index in [1.807, 2.05) is 31.2 Å². The van der Waals surface area contributed by atoms with Gasteiger partial charge in [0.15, 0.2) is 0 Å². The van der Waals surface area contributed by atoms with E-state index < -0.39 is 0 Å². The van der Waals surface area contributed by atoms with Crippen molar-refractivity contribution in [2.45, 2.75) is 32.6 Å². The van der Waals surface area contributed by atoms with Gasteiger partial charge in [0.25, 0.3) is 0 Å². The zero-order valence-electron chi connectivity index (χ0n) is 10.7. The van der Waals surface area contributed by atoms with Crippen molar-refractivity contribution >= 4 is 21.9 Å². The zero-order valence-corrected chi connectivity index (χ0v) is 12.2. The third kappa shape index (κ3) is 6.64. The SMILES string of the molecule is CCOC(=O)CCCCCOc1cccc(Br)c1. The Kier molecular flexibility index (Phi) is 7.49. The van der Waals surface area contributed by atoms with Gasteiger partial charge >= 0.3 is 5.97 Å². The van der Waals surface area contributed by atoms with Gasteiger partial charge in [-0.1, -0.05) is 22.0 Å². The molecule has 0 amide bonds. The molecule has 18 heavy (non-hydrogen) atoms. The van der Waals surface area contributed by atoms with Gasteiger partial charge in [-0.05, 0) is 44.4 Å². The molecule has 3 nitrogen and oxygen atoms in total. The first kappa shape index (κ1) is 15.0. The predicted molar refractivity (Wildman–Crippen MR) is 74.7 cm³/mol. The second-order valence-corrected chi connectivity index (χ2v) is 4.84. The molecule has 0 unspecified atom stereocenters. The van der Waals surface area contributed by atoms with Crippen molar-refractivity contribution < 1.29 is 14.3 Å². The summed E-state index contributed by atoms with van der Waals surface area (Å²) in [7, 11) is 0. The molecule has 0 radical (unpaired) electrons. The summed E-state index contributed by atoms with van der Waals surface area (Å²) in [6.07, 6.45) is 3.30. The van der Waals surface area contributed by atoms with E-state index in [4.69, 9.17) is 9.47 Å². The maximum absolute atomic E-state index is 11.1. The van der Waals surface area contributed by atoms with Gasteiger partial charge in [-0.25, -0.2) is 0 Å². The number of esters is 1. The summed E-state index contributed by atoms with van der Waals surface area (Å²) in [6.45, 7) is 2.97. The first-order chi connectivity index (χ1) is 8.72. The molecule has 100 valence electrons. The van der Waals surface area contributed by atoms with Crippen LogP contribution in [0.5, 0.6) is 5.75 Å². The largest absolute Gasteiger partial charge is 0.494 e. The highest BCUT2D eigenvalue weighted by Gasteiger charge is 2.01. The van der Waals surface area contributed by atoms with E-state index in [1.54, 1.807) is 0 Å². The van der Waals surface area contributed by atoms with Gasteiger partial charge in [0.1, 0.15) is 5.75 Å². The standard InChI is InChI=1S/C14H19BrO3/c1-2-17-14(16)9-4-3-5-10-18-13-8-6-7-12(15)11-13/h6-8,11H,2-5,9-10H2,1H3. The van der Waals surface area contributed by atoms with E-state index >= 15 is 0 Å². The molecule has 1 rings (SSSR count). The number of benzene rings is 1. The van der Waals surface area contributed by atoms with Crippen molar-refractivity contribution in [3.8, 4) is 5.75 Å². The molecule has 0 bridgehead atoms. The lowest BCUT2D eigenvalue weighted by Gasteiger charge is -2.06. The Bertz CT molecular complexity index is 366. The lowest BCUT2D eigenvalue weighted by Crippen LogP contribution is -2.04. The highest BCUT2D eigenvalue weighted by molar-refractivity contribution is 9.10. The maximum Gasteiger partial charge on any atom is 0.305 e. The molecule has 0 aliphatic rings. The van der Waals surface area contributed by atoms with E-state index in [2.05, 4.69) is 15.9 Å². The second-order valence-electron chi connectivity index (χ2n) is 3.92. The third-order valence-electron chi connectivity index (χ3n) is 2.40.